The zero-order valence-corrected chi connectivity index (χ0v) is 28.3. The summed E-state index contributed by atoms with van der Waals surface area (Å²) in [5.41, 5.74) is 0.864. The monoisotopic (exact) mass is 706 g/mol. The number of benzene rings is 2. The summed E-state index contributed by atoms with van der Waals surface area (Å²) in [5.74, 6) is -11.3. The number of halogens is 7. The number of aromatic hydroxyl groups is 1. The number of nitrogens with one attached hydrogen (secondary N) is 1. The molecular formula is C39H34BF7N2O2. The average Bonchev–Trinajstić information content (AvgIpc) is 3.22. The van der Waals surface area contributed by atoms with E-state index in [0.29, 0.717) is 46.1 Å². The van der Waals surface area contributed by atoms with Crippen LogP contribution in [0.5, 0.6) is 5.75 Å². The molecule has 12 heteroatoms. The second-order valence-electron chi connectivity index (χ2n) is 12.1. The fourth-order valence-electron chi connectivity index (χ4n) is 6.40. The maximum atomic E-state index is 15.9. The molecule has 5 rings (SSSR count). The Bertz CT molecular complexity index is 2090. The lowest BCUT2D eigenvalue weighted by Gasteiger charge is -2.29. The Morgan fingerprint density at radius 3 is 2.14 bits per heavy atom. The number of rotatable bonds is 8. The predicted octanol–water partition coefficient (Wildman–Crippen LogP) is 10.1. The highest BCUT2D eigenvalue weighted by atomic mass is 19.2. The quantitative estimate of drug-likeness (QED) is 0.106. The summed E-state index contributed by atoms with van der Waals surface area (Å²) in [6, 6.07) is 5.93. The van der Waals surface area contributed by atoms with Gasteiger partial charge in [-0.3, -0.25) is 13.4 Å². The van der Waals surface area contributed by atoms with Gasteiger partial charge in [-0.05, 0) is 97.4 Å². The normalized spacial score (nSPS) is 17.6. The minimum Gasteiger partial charge on any atom is -0.508 e. The Balaban J connectivity index is 1.88. The molecule has 0 saturated heterocycles. The van der Waals surface area contributed by atoms with Crippen molar-refractivity contribution in [3.63, 3.8) is 0 Å². The molecular weight excluding hydrogens is 672 g/mol. The first-order chi connectivity index (χ1) is 24.3. The van der Waals surface area contributed by atoms with Gasteiger partial charge in [0.05, 0.1) is 11.3 Å². The Morgan fingerprint density at radius 1 is 0.882 bits per heavy atom. The number of carbonyl (C=O) groups excluding carboxylic acids is 1. The fraction of sp³-hybridized carbons (Fsp3) is 0.205. The predicted molar refractivity (Wildman–Crippen MR) is 186 cm³/mol. The Kier molecular flexibility index (Phi) is 11.1. The minimum absolute atomic E-state index is 0.00771. The van der Waals surface area contributed by atoms with E-state index in [1.807, 2.05) is 6.92 Å². The Morgan fingerprint density at radius 2 is 1.53 bits per heavy atom. The number of allylic oxidation sites excluding steroid dienone is 9. The zero-order chi connectivity index (χ0) is 37.1. The molecule has 1 aromatic heterocycles. The number of aromatic nitrogens is 1. The largest absolute Gasteiger partial charge is 0.678 e. The first kappa shape index (κ1) is 37.0. The third-order valence-corrected chi connectivity index (χ3v) is 9.06. The Labute approximate surface area is 291 Å². The third-order valence-electron chi connectivity index (χ3n) is 9.06. The van der Waals surface area contributed by atoms with E-state index in [-0.39, 0.29) is 34.9 Å². The second-order valence-corrected chi connectivity index (χ2v) is 12.1. The van der Waals surface area contributed by atoms with Crippen LogP contribution in [0.15, 0.2) is 88.8 Å². The number of carbonyl (C=O) groups is 1. The van der Waals surface area contributed by atoms with Crippen molar-refractivity contribution in [2.45, 2.75) is 53.4 Å². The van der Waals surface area contributed by atoms with Crippen LogP contribution >= 0.6 is 0 Å². The van der Waals surface area contributed by atoms with E-state index in [1.165, 1.54) is 43.4 Å². The minimum atomic E-state index is -3.31. The van der Waals surface area contributed by atoms with Crippen LogP contribution in [0.4, 0.5) is 30.6 Å². The molecule has 0 spiro atoms. The number of hydrogen-bond acceptors (Lipinski definition) is 3. The first-order valence-electron chi connectivity index (χ1n) is 16.3. The van der Waals surface area contributed by atoms with E-state index >= 15 is 17.4 Å². The molecule has 3 aromatic rings. The molecule has 0 fully saturated rings. The summed E-state index contributed by atoms with van der Waals surface area (Å²) in [6.45, 7) is 6.59. The number of hydrogen-bond donors (Lipinski definition) is 2. The molecule has 1 aliphatic heterocycles. The van der Waals surface area contributed by atoms with E-state index in [2.05, 4.69) is 5.32 Å². The van der Waals surface area contributed by atoms with Crippen LogP contribution in [0, 0.1) is 36.0 Å². The van der Waals surface area contributed by atoms with E-state index in [4.69, 9.17) is 0 Å². The zero-order valence-electron chi connectivity index (χ0n) is 28.3. The highest BCUT2D eigenvalue weighted by Gasteiger charge is 2.37. The van der Waals surface area contributed by atoms with E-state index in [9.17, 15) is 23.1 Å². The van der Waals surface area contributed by atoms with Crippen LogP contribution in [0.25, 0.3) is 17.7 Å². The number of nitrogens with zero attached hydrogens (tertiary/aromatic N) is 1. The van der Waals surface area contributed by atoms with Crippen molar-refractivity contribution in [3.8, 4) is 5.75 Å². The molecule has 2 N–H and O–H groups in total. The van der Waals surface area contributed by atoms with Crippen molar-refractivity contribution < 1.29 is 40.5 Å². The van der Waals surface area contributed by atoms with Gasteiger partial charge in [-0.1, -0.05) is 55.9 Å². The van der Waals surface area contributed by atoms with Crippen molar-refractivity contribution in [3.05, 3.63) is 152 Å². The summed E-state index contributed by atoms with van der Waals surface area (Å²) in [5, 5.41) is 12.8. The standard InChI is InChI=1S/C39H34BF7N2O2/c1-5-25-20-26(15-10-23-8-7-9-27(50)16-11-23)48-38(21(25)3)32(31-33(41)35(43)37(45)36(44)34(31)42)39-22(4)29(6-2)30(49(39)40(46)47)19-14-24-12-17-28(51)18-13-24/h7,9-19,48,51H,5-6,8,20H2,1-4H3/b19-14+,23-10?,26-15?,38-32-. The first-order valence-corrected chi connectivity index (χ1v) is 16.3. The molecule has 51 heavy (non-hydrogen) atoms. The average molecular weight is 707 g/mol. The van der Waals surface area contributed by atoms with Crippen LogP contribution in [0.2, 0.25) is 0 Å². The lowest BCUT2D eigenvalue weighted by atomic mass is 9.87. The van der Waals surface area contributed by atoms with Crippen LogP contribution in [-0.2, 0) is 11.2 Å². The van der Waals surface area contributed by atoms with Crippen LogP contribution in [-0.4, -0.2) is 22.8 Å². The molecule has 264 valence electrons. The van der Waals surface area contributed by atoms with Crippen molar-refractivity contribution in [1.29, 1.82) is 0 Å². The van der Waals surface area contributed by atoms with Crippen LogP contribution < -0.4 is 5.32 Å². The highest BCUT2D eigenvalue weighted by Crippen LogP contribution is 2.43. The van der Waals surface area contributed by atoms with Gasteiger partial charge in [-0.25, -0.2) is 22.0 Å². The SMILES string of the molecule is CCC1=C(C)/C(=C(\c2c(F)c(F)c(F)c(F)c2F)c2c(C)c(CC)c(/C=C/c3ccc(O)cc3)n2B(F)F)NC(=CC=C2C=CC(=O)C=CC2)C1. The van der Waals surface area contributed by atoms with Gasteiger partial charge in [-0.15, -0.1) is 0 Å². The summed E-state index contributed by atoms with van der Waals surface area (Å²) in [4.78, 5) is 11.8. The molecule has 1 aliphatic carbocycles. The third kappa shape index (κ3) is 7.31. The van der Waals surface area contributed by atoms with Gasteiger partial charge in [0.15, 0.2) is 29.1 Å². The van der Waals surface area contributed by atoms with Gasteiger partial charge < -0.3 is 14.9 Å². The lowest BCUT2D eigenvalue weighted by molar-refractivity contribution is -0.110. The topological polar surface area (TPSA) is 54.3 Å². The molecule has 0 saturated carbocycles. The molecule has 0 bridgehead atoms. The van der Waals surface area contributed by atoms with E-state index in [1.54, 1.807) is 50.3 Å². The summed E-state index contributed by atoms with van der Waals surface area (Å²) >= 11 is 0. The number of phenols is 1. The van der Waals surface area contributed by atoms with E-state index < -0.39 is 53.3 Å². The van der Waals surface area contributed by atoms with Crippen molar-refractivity contribution in [2.75, 3.05) is 0 Å². The summed E-state index contributed by atoms with van der Waals surface area (Å²) in [7, 11) is -3.31. The van der Waals surface area contributed by atoms with E-state index in [0.717, 1.165) is 11.1 Å². The van der Waals surface area contributed by atoms with Crippen molar-refractivity contribution in [2.24, 2.45) is 0 Å². The van der Waals surface area contributed by atoms with Gasteiger partial charge in [0.1, 0.15) is 5.75 Å². The van der Waals surface area contributed by atoms with Crippen LogP contribution in [0.1, 0.15) is 73.7 Å². The van der Waals surface area contributed by atoms with Crippen molar-refractivity contribution >= 4 is 30.9 Å². The lowest BCUT2D eigenvalue weighted by Crippen LogP contribution is -2.26. The van der Waals surface area contributed by atoms with Gasteiger partial charge >= 0.3 is 7.40 Å². The molecule has 2 heterocycles. The summed E-state index contributed by atoms with van der Waals surface area (Å²) in [6.07, 6.45) is 13.8. The van der Waals surface area contributed by atoms with Gasteiger partial charge in [0.25, 0.3) is 0 Å². The number of ketones is 1. The van der Waals surface area contributed by atoms with Gasteiger partial charge in [0, 0.05) is 29.1 Å². The molecule has 2 aromatic carbocycles. The molecule has 2 aliphatic rings. The molecule has 0 amide bonds. The molecule has 0 unspecified atom stereocenters. The highest BCUT2D eigenvalue weighted by molar-refractivity contribution is 6.42. The fourth-order valence-corrected chi connectivity index (χ4v) is 6.40. The molecule has 0 atom stereocenters. The second kappa shape index (κ2) is 15.3. The van der Waals surface area contributed by atoms with Crippen LogP contribution in [0.3, 0.4) is 0 Å². The summed E-state index contributed by atoms with van der Waals surface area (Å²) < 4.78 is 107. The Hall–Kier alpha value is -5.26. The van der Waals surface area contributed by atoms with Gasteiger partial charge in [-0.2, -0.15) is 0 Å². The smallest absolute Gasteiger partial charge is 0.508 e. The maximum absolute atomic E-state index is 15.9. The van der Waals surface area contributed by atoms with Gasteiger partial charge in [0.2, 0.25) is 5.82 Å². The van der Waals surface area contributed by atoms with Crippen molar-refractivity contribution in [1.82, 2.24) is 9.79 Å². The molecule has 4 nitrogen and oxygen atoms in total. The molecule has 0 radical (unpaired) electrons. The number of phenolic OH excluding ortho intramolecular Hbond substituents is 1. The maximum Gasteiger partial charge on any atom is 0.678 e.